The summed E-state index contributed by atoms with van der Waals surface area (Å²) in [6, 6.07) is 11.5. The summed E-state index contributed by atoms with van der Waals surface area (Å²) >= 11 is 0. The third kappa shape index (κ3) is 3.69. The largest absolute Gasteiger partial charge is 0.495 e. The van der Waals surface area contributed by atoms with E-state index >= 15 is 0 Å². The maximum atomic E-state index is 12.9. The highest BCUT2D eigenvalue weighted by Crippen LogP contribution is 2.20. The second kappa shape index (κ2) is 7.47. The summed E-state index contributed by atoms with van der Waals surface area (Å²) in [6.45, 7) is 0. The predicted molar refractivity (Wildman–Crippen MR) is 95.4 cm³/mol. The lowest BCUT2D eigenvalue weighted by atomic mass is 10.3. The fourth-order valence-electron chi connectivity index (χ4n) is 2.32. The van der Waals surface area contributed by atoms with E-state index in [0.29, 0.717) is 17.1 Å². The number of hydrogen-bond donors (Lipinski definition) is 2. The van der Waals surface area contributed by atoms with Crippen LogP contribution in [0.15, 0.2) is 65.7 Å². The lowest BCUT2D eigenvalue weighted by Gasteiger charge is -2.12. The second-order valence-electron chi connectivity index (χ2n) is 5.21. The number of anilines is 2. The van der Waals surface area contributed by atoms with Gasteiger partial charge in [-0.25, -0.2) is 14.2 Å². The van der Waals surface area contributed by atoms with Crippen LogP contribution in [0.5, 0.6) is 5.75 Å². The van der Waals surface area contributed by atoms with Crippen LogP contribution in [0.2, 0.25) is 0 Å². The molecule has 1 heterocycles. The van der Waals surface area contributed by atoms with Crippen molar-refractivity contribution in [3.8, 4) is 11.4 Å². The number of ether oxygens (including phenoxy) is 1. The Bertz CT molecular complexity index is 986. The molecular weight excluding hydrogens is 339 g/mol. The number of halogens is 1. The van der Waals surface area contributed by atoms with Crippen LogP contribution in [-0.4, -0.2) is 22.7 Å². The Kier molecular flexibility index (Phi) is 4.93. The van der Waals surface area contributed by atoms with Gasteiger partial charge in [0.2, 0.25) is 5.82 Å². The minimum Gasteiger partial charge on any atom is -0.495 e. The van der Waals surface area contributed by atoms with Gasteiger partial charge in [0.25, 0.3) is 5.56 Å². The quantitative estimate of drug-likeness (QED) is 0.754. The van der Waals surface area contributed by atoms with E-state index in [1.165, 1.54) is 48.3 Å². The lowest BCUT2D eigenvalue weighted by Crippen LogP contribution is -2.28. The number of urea groups is 1. The number of aromatic nitrogens is 2. The van der Waals surface area contributed by atoms with Gasteiger partial charge in [-0.1, -0.05) is 12.1 Å². The summed E-state index contributed by atoms with van der Waals surface area (Å²) in [5, 5.41) is 4.89. The third-order valence-electron chi connectivity index (χ3n) is 3.52. The molecule has 26 heavy (non-hydrogen) atoms. The molecule has 0 saturated carbocycles. The maximum Gasteiger partial charge on any atom is 0.325 e. The van der Waals surface area contributed by atoms with Gasteiger partial charge in [0.15, 0.2) is 0 Å². The number of amides is 2. The number of nitrogens with zero attached hydrogens (tertiary/aromatic N) is 2. The number of hydrogen-bond acceptors (Lipinski definition) is 4. The summed E-state index contributed by atoms with van der Waals surface area (Å²) in [4.78, 5) is 28.6. The molecule has 0 bridgehead atoms. The van der Waals surface area contributed by atoms with Gasteiger partial charge >= 0.3 is 6.03 Å². The van der Waals surface area contributed by atoms with Crippen molar-refractivity contribution in [2.75, 3.05) is 17.7 Å². The first kappa shape index (κ1) is 17.2. The van der Waals surface area contributed by atoms with Crippen molar-refractivity contribution in [2.45, 2.75) is 0 Å². The van der Waals surface area contributed by atoms with Gasteiger partial charge in [-0.15, -0.1) is 0 Å². The smallest absolute Gasteiger partial charge is 0.325 e. The molecule has 0 spiro atoms. The number of para-hydroxylation sites is 2. The van der Waals surface area contributed by atoms with E-state index in [1.807, 2.05) is 0 Å². The van der Waals surface area contributed by atoms with E-state index in [-0.39, 0.29) is 5.82 Å². The monoisotopic (exact) mass is 354 g/mol. The van der Waals surface area contributed by atoms with Crippen molar-refractivity contribution in [3.05, 3.63) is 77.1 Å². The SMILES string of the molecule is COc1ccccc1-n1ccnc(NC(=O)Nc2ccc(F)cc2)c1=O. The number of carbonyl (C=O) groups excluding carboxylic acids is 1. The minimum absolute atomic E-state index is 0.155. The highest BCUT2D eigenvalue weighted by Gasteiger charge is 2.12. The molecule has 8 heteroatoms. The fourth-order valence-corrected chi connectivity index (χ4v) is 2.32. The Balaban J connectivity index is 1.84. The molecule has 0 atom stereocenters. The van der Waals surface area contributed by atoms with E-state index in [1.54, 1.807) is 24.3 Å². The molecule has 2 amide bonds. The molecule has 132 valence electrons. The van der Waals surface area contributed by atoms with Crippen molar-refractivity contribution in [3.63, 3.8) is 0 Å². The lowest BCUT2D eigenvalue weighted by molar-refractivity contribution is 0.262. The van der Waals surface area contributed by atoms with Crippen LogP contribution in [0.4, 0.5) is 20.7 Å². The van der Waals surface area contributed by atoms with E-state index in [9.17, 15) is 14.0 Å². The first-order valence-electron chi connectivity index (χ1n) is 7.63. The molecule has 0 fully saturated rings. The van der Waals surface area contributed by atoms with E-state index in [4.69, 9.17) is 4.74 Å². The molecule has 2 aromatic carbocycles. The molecule has 3 aromatic rings. The predicted octanol–water partition coefficient (Wildman–Crippen LogP) is 3.02. The number of nitrogens with one attached hydrogen (secondary N) is 2. The van der Waals surface area contributed by atoms with Crippen LogP contribution in [0.3, 0.4) is 0 Å². The summed E-state index contributed by atoms with van der Waals surface area (Å²) in [6.07, 6.45) is 2.87. The van der Waals surface area contributed by atoms with Gasteiger partial charge in [-0.05, 0) is 36.4 Å². The van der Waals surface area contributed by atoms with Gasteiger partial charge in [0, 0.05) is 18.1 Å². The van der Waals surface area contributed by atoms with Gasteiger partial charge in [0.05, 0.1) is 12.8 Å². The van der Waals surface area contributed by atoms with Crippen molar-refractivity contribution in [2.24, 2.45) is 0 Å². The minimum atomic E-state index is -0.668. The van der Waals surface area contributed by atoms with Gasteiger partial charge in [-0.3, -0.25) is 14.7 Å². The molecule has 0 aliphatic rings. The fraction of sp³-hybridized carbons (Fsp3) is 0.0556. The zero-order chi connectivity index (χ0) is 18.5. The van der Waals surface area contributed by atoms with E-state index in [0.717, 1.165) is 0 Å². The molecule has 1 aromatic heterocycles. The average molecular weight is 354 g/mol. The van der Waals surface area contributed by atoms with Crippen LogP contribution >= 0.6 is 0 Å². The first-order chi connectivity index (χ1) is 12.6. The Morgan fingerprint density at radius 3 is 2.58 bits per heavy atom. The Morgan fingerprint density at radius 2 is 1.85 bits per heavy atom. The zero-order valence-corrected chi connectivity index (χ0v) is 13.8. The van der Waals surface area contributed by atoms with Crippen molar-refractivity contribution >= 4 is 17.5 Å². The van der Waals surface area contributed by atoms with Crippen LogP contribution in [0.1, 0.15) is 0 Å². The molecule has 0 saturated heterocycles. The normalized spacial score (nSPS) is 10.2. The van der Waals surface area contributed by atoms with Crippen molar-refractivity contribution in [1.29, 1.82) is 0 Å². The third-order valence-corrected chi connectivity index (χ3v) is 3.52. The summed E-state index contributed by atoms with van der Waals surface area (Å²) in [5.41, 5.74) is 0.375. The molecule has 0 radical (unpaired) electrons. The summed E-state index contributed by atoms with van der Waals surface area (Å²) < 4.78 is 19.5. The molecule has 0 unspecified atom stereocenters. The zero-order valence-electron chi connectivity index (χ0n) is 13.8. The van der Waals surface area contributed by atoms with Crippen LogP contribution in [0, 0.1) is 5.82 Å². The van der Waals surface area contributed by atoms with E-state index < -0.39 is 17.4 Å². The molecule has 0 aliphatic heterocycles. The van der Waals surface area contributed by atoms with Crippen LogP contribution in [0.25, 0.3) is 5.69 Å². The van der Waals surface area contributed by atoms with E-state index in [2.05, 4.69) is 15.6 Å². The van der Waals surface area contributed by atoms with Gasteiger partial charge in [-0.2, -0.15) is 0 Å². The highest BCUT2D eigenvalue weighted by atomic mass is 19.1. The number of rotatable bonds is 4. The molecule has 7 nitrogen and oxygen atoms in total. The molecule has 2 N–H and O–H groups in total. The second-order valence-corrected chi connectivity index (χ2v) is 5.21. The number of methoxy groups -OCH3 is 1. The molecule has 3 rings (SSSR count). The van der Waals surface area contributed by atoms with Crippen LogP contribution in [-0.2, 0) is 0 Å². The Morgan fingerprint density at radius 1 is 1.12 bits per heavy atom. The Hall–Kier alpha value is -3.68. The summed E-state index contributed by atoms with van der Waals surface area (Å²) in [7, 11) is 1.50. The number of carbonyl (C=O) groups is 1. The maximum absolute atomic E-state index is 12.9. The topological polar surface area (TPSA) is 85.2 Å². The Labute approximate surface area is 148 Å². The van der Waals surface area contributed by atoms with Crippen molar-refractivity contribution < 1.29 is 13.9 Å². The highest BCUT2D eigenvalue weighted by molar-refractivity contribution is 5.99. The van der Waals surface area contributed by atoms with Crippen molar-refractivity contribution in [1.82, 2.24) is 9.55 Å². The van der Waals surface area contributed by atoms with Crippen LogP contribution < -0.4 is 20.9 Å². The standard InChI is InChI=1S/C18H15FN4O3/c1-26-15-5-3-2-4-14(15)23-11-10-20-16(17(23)24)22-18(25)21-13-8-6-12(19)7-9-13/h2-11H,1H3,(H2,20,21,22,25). The first-order valence-corrected chi connectivity index (χ1v) is 7.63. The average Bonchev–Trinajstić information content (AvgIpc) is 2.65. The molecular formula is C18H15FN4O3. The summed E-state index contributed by atoms with van der Waals surface area (Å²) in [5.74, 6) is -0.0686. The van der Waals surface area contributed by atoms with Gasteiger partial charge in [0.1, 0.15) is 11.6 Å². The van der Waals surface area contributed by atoms with Gasteiger partial charge < -0.3 is 10.1 Å². The number of benzene rings is 2. The molecule has 0 aliphatic carbocycles.